The molecule has 0 fully saturated rings. The first-order valence-corrected chi connectivity index (χ1v) is 6.57. The first-order chi connectivity index (χ1) is 10.6. The maximum absolute atomic E-state index is 10.9. The van der Waals surface area contributed by atoms with Gasteiger partial charge in [0.25, 0.3) is 0 Å². The zero-order chi connectivity index (χ0) is 15.7. The van der Waals surface area contributed by atoms with E-state index in [1.165, 1.54) is 12.1 Å². The number of ether oxygens (including phenoxy) is 1. The maximum Gasteiger partial charge on any atom is 0.335 e. The highest BCUT2D eigenvalue weighted by Crippen LogP contribution is 2.28. The van der Waals surface area contributed by atoms with Crippen LogP contribution in [0.3, 0.4) is 0 Å². The molecule has 2 aromatic carbocycles. The van der Waals surface area contributed by atoms with Crippen molar-refractivity contribution in [2.45, 2.75) is 0 Å². The van der Waals surface area contributed by atoms with Crippen LogP contribution in [0.4, 0.5) is 0 Å². The van der Waals surface area contributed by atoms with E-state index in [4.69, 9.17) is 9.84 Å². The van der Waals surface area contributed by atoms with Gasteiger partial charge in [0, 0.05) is 23.3 Å². The highest BCUT2D eigenvalue weighted by atomic mass is 16.5. The third kappa shape index (κ3) is 2.17. The quantitative estimate of drug-likeness (QED) is 0.804. The summed E-state index contributed by atoms with van der Waals surface area (Å²) in [6, 6.07) is 14.2. The number of benzene rings is 2. The molecule has 0 bridgehead atoms. The van der Waals surface area contributed by atoms with Crippen LogP contribution >= 0.6 is 0 Å². The second-order valence-corrected chi connectivity index (χ2v) is 4.76. The average molecular weight is 292 g/mol. The van der Waals surface area contributed by atoms with E-state index < -0.39 is 5.97 Å². The molecule has 5 nitrogen and oxygen atoms in total. The van der Waals surface area contributed by atoms with Crippen LogP contribution < -0.4 is 4.74 Å². The topological polar surface area (TPSA) is 75.2 Å². The van der Waals surface area contributed by atoms with E-state index in [2.05, 4.69) is 6.07 Å². The van der Waals surface area contributed by atoms with Gasteiger partial charge in [-0.1, -0.05) is 0 Å². The Morgan fingerprint density at radius 1 is 1.23 bits per heavy atom. The van der Waals surface area contributed by atoms with Gasteiger partial charge in [0.05, 0.1) is 23.8 Å². The van der Waals surface area contributed by atoms with Gasteiger partial charge in [0.2, 0.25) is 0 Å². The van der Waals surface area contributed by atoms with Crippen LogP contribution in [0.5, 0.6) is 5.75 Å². The third-order valence-corrected chi connectivity index (χ3v) is 3.53. The van der Waals surface area contributed by atoms with Crippen molar-refractivity contribution in [2.75, 3.05) is 7.11 Å². The molecule has 0 spiro atoms. The van der Waals surface area contributed by atoms with Crippen LogP contribution in [-0.2, 0) is 0 Å². The van der Waals surface area contributed by atoms with E-state index in [-0.39, 0.29) is 5.56 Å². The SMILES string of the molecule is COc1ccc2c(C#N)cn(-c3ccc(C(=O)O)cc3)c2c1. The molecule has 0 amide bonds. The minimum absolute atomic E-state index is 0.221. The summed E-state index contributed by atoms with van der Waals surface area (Å²) in [5.74, 6) is -0.276. The van der Waals surface area contributed by atoms with Gasteiger partial charge in [-0.05, 0) is 36.4 Å². The van der Waals surface area contributed by atoms with Gasteiger partial charge in [-0.2, -0.15) is 5.26 Å². The Labute approximate surface area is 126 Å². The number of nitrogens with zero attached hydrogens (tertiary/aromatic N) is 2. The summed E-state index contributed by atoms with van der Waals surface area (Å²) in [4.78, 5) is 10.9. The molecule has 1 aromatic heterocycles. The second-order valence-electron chi connectivity index (χ2n) is 4.76. The molecule has 3 aromatic rings. The monoisotopic (exact) mass is 292 g/mol. The molecule has 5 heteroatoms. The summed E-state index contributed by atoms with van der Waals surface area (Å²) >= 11 is 0. The lowest BCUT2D eigenvalue weighted by atomic mass is 10.2. The van der Waals surface area contributed by atoms with E-state index in [9.17, 15) is 10.1 Å². The molecule has 1 heterocycles. The number of rotatable bonds is 3. The van der Waals surface area contributed by atoms with E-state index in [1.54, 1.807) is 31.5 Å². The number of carbonyl (C=O) groups is 1. The molecule has 0 saturated carbocycles. The minimum Gasteiger partial charge on any atom is -0.497 e. The Hall–Kier alpha value is -3.26. The lowest BCUT2D eigenvalue weighted by molar-refractivity contribution is 0.0697. The van der Waals surface area contributed by atoms with Crippen molar-refractivity contribution in [3.63, 3.8) is 0 Å². The van der Waals surface area contributed by atoms with Crippen LogP contribution in [-0.4, -0.2) is 22.8 Å². The fourth-order valence-electron chi connectivity index (χ4n) is 2.40. The van der Waals surface area contributed by atoms with E-state index in [0.29, 0.717) is 11.3 Å². The van der Waals surface area contributed by atoms with Crippen molar-refractivity contribution in [1.29, 1.82) is 5.26 Å². The number of aromatic carboxylic acids is 1. The number of hydrogen-bond acceptors (Lipinski definition) is 3. The fraction of sp³-hybridized carbons (Fsp3) is 0.0588. The van der Waals surface area contributed by atoms with Gasteiger partial charge in [-0.25, -0.2) is 4.79 Å². The first kappa shape index (κ1) is 13.7. The molecule has 0 aliphatic rings. The molecule has 0 radical (unpaired) electrons. The number of carboxylic acid groups (broad SMARTS) is 1. The largest absolute Gasteiger partial charge is 0.497 e. The summed E-state index contributed by atoms with van der Waals surface area (Å²) in [6.45, 7) is 0. The van der Waals surface area contributed by atoms with Gasteiger partial charge < -0.3 is 14.4 Å². The molecular weight excluding hydrogens is 280 g/mol. The van der Waals surface area contributed by atoms with Crippen LogP contribution in [0.2, 0.25) is 0 Å². The standard InChI is InChI=1S/C17H12N2O3/c1-22-14-6-7-15-12(9-18)10-19(16(15)8-14)13-4-2-11(3-5-13)17(20)21/h2-8,10H,1H3,(H,20,21). The van der Waals surface area contributed by atoms with Gasteiger partial charge in [0.15, 0.2) is 0 Å². The van der Waals surface area contributed by atoms with E-state index in [0.717, 1.165) is 16.6 Å². The maximum atomic E-state index is 10.9. The summed E-state index contributed by atoms with van der Waals surface area (Å²) < 4.78 is 7.08. The van der Waals surface area contributed by atoms with Crippen molar-refractivity contribution in [3.8, 4) is 17.5 Å². The molecule has 1 N–H and O–H groups in total. The molecule has 108 valence electrons. The van der Waals surface area contributed by atoms with Crippen LogP contribution in [0, 0.1) is 11.3 Å². The normalized spacial score (nSPS) is 10.4. The number of methoxy groups -OCH3 is 1. The van der Waals surface area contributed by atoms with Crippen molar-refractivity contribution >= 4 is 16.9 Å². The molecule has 0 aliphatic carbocycles. The second kappa shape index (κ2) is 5.26. The predicted molar refractivity (Wildman–Crippen MR) is 81.5 cm³/mol. The lowest BCUT2D eigenvalue weighted by Gasteiger charge is -2.07. The molecule has 0 aliphatic heterocycles. The van der Waals surface area contributed by atoms with Crippen molar-refractivity contribution in [2.24, 2.45) is 0 Å². The molecule has 0 unspecified atom stereocenters. The minimum atomic E-state index is -0.969. The molecule has 22 heavy (non-hydrogen) atoms. The Kier molecular flexibility index (Phi) is 3.28. The zero-order valence-electron chi connectivity index (χ0n) is 11.8. The van der Waals surface area contributed by atoms with Gasteiger partial charge in [-0.3, -0.25) is 0 Å². The zero-order valence-corrected chi connectivity index (χ0v) is 11.8. The van der Waals surface area contributed by atoms with Gasteiger partial charge in [-0.15, -0.1) is 0 Å². The number of carboxylic acids is 1. The first-order valence-electron chi connectivity index (χ1n) is 6.57. The predicted octanol–water partition coefficient (Wildman–Crippen LogP) is 3.21. The number of nitriles is 1. The van der Waals surface area contributed by atoms with E-state index >= 15 is 0 Å². The lowest BCUT2D eigenvalue weighted by Crippen LogP contribution is -1.97. The smallest absolute Gasteiger partial charge is 0.335 e. The van der Waals surface area contributed by atoms with Crippen molar-refractivity contribution < 1.29 is 14.6 Å². The summed E-state index contributed by atoms with van der Waals surface area (Å²) in [7, 11) is 1.58. The Bertz CT molecular complexity index is 902. The number of fused-ring (bicyclic) bond motifs is 1. The molecule has 0 saturated heterocycles. The summed E-state index contributed by atoms with van der Waals surface area (Å²) in [6.07, 6.45) is 1.74. The molecular formula is C17H12N2O3. The summed E-state index contributed by atoms with van der Waals surface area (Å²) in [5, 5.41) is 19.1. The van der Waals surface area contributed by atoms with E-state index in [1.807, 2.05) is 16.7 Å². The van der Waals surface area contributed by atoms with Gasteiger partial charge in [0.1, 0.15) is 11.8 Å². The van der Waals surface area contributed by atoms with Crippen molar-refractivity contribution in [3.05, 3.63) is 59.8 Å². The third-order valence-electron chi connectivity index (χ3n) is 3.53. The molecule has 3 rings (SSSR count). The average Bonchev–Trinajstić information content (AvgIpc) is 2.92. The Morgan fingerprint density at radius 3 is 2.55 bits per heavy atom. The fourth-order valence-corrected chi connectivity index (χ4v) is 2.40. The van der Waals surface area contributed by atoms with Crippen LogP contribution in [0.1, 0.15) is 15.9 Å². The highest BCUT2D eigenvalue weighted by molar-refractivity contribution is 5.90. The number of aromatic nitrogens is 1. The Balaban J connectivity index is 2.21. The molecule has 0 atom stereocenters. The van der Waals surface area contributed by atoms with Crippen LogP contribution in [0.15, 0.2) is 48.7 Å². The van der Waals surface area contributed by atoms with Crippen LogP contribution in [0.25, 0.3) is 16.6 Å². The van der Waals surface area contributed by atoms with Gasteiger partial charge >= 0.3 is 5.97 Å². The Morgan fingerprint density at radius 2 is 1.95 bits per heavy atom. The number of hydrogen-bond donors (Lipinski definition) is 1. The highest BCUT2D eigenvalue weighted by Gasteiger charge is 2.11. The van der Waals surface area contributed by atoms with Crippen molar-refractivity contribution in [1.82, 2.24) is 4.57 Å². The summed E-state index contributed by atoms with van der Waals surface area (Å²) in [5.41, 5.74) is 2.39.